The third kappa shape index (κ3) is 5.39. The van der Waals surface area contributed by atoms with Crippen molar-refractivity contribution in [3.05, 3.63) is 23.9 Å². The Hall–Kier alpha value is -2.32. The largest absolute Gasteiger partial charge is 0.468 e. The summed E-state index contributed by atoms with van der Waals surface area (Å²) in [4.78, 5) is 28.8. The number of amides is 2. The van der Waals surface area contributed by atoms with Crippen molar-refractivity contribution in [2.45, 2.75) is 32.0 Å². The molecule has 0 spiro atoms. The number of hydrogen-bond donors (Lipinski definition) is 1. The number of likely N-dealkylation sites (tertiary alicyclic amines) is 1. The number of pyridine rings is 1. The van der Waals surface area contributed by atoms with Crippen LogP contribution in [-0.4, -0.2) is 53.6 Å². The minimum atomic E-state index is -4.44. The van der Waals surface area contributed by atoms with Gasteiger partial charge in [0.2, 0.25) is 11.8 Å². The second kappa shape index (κ2) is 7.50. The number of carbonyl (C=O) groups is 2. The van der Waals surface area contributed by atoms with Crippen molar-refractivity contribution in [1.29, 1.82) is 0 Å². The van der Waals surface area contributed by atoms with E-state index in [9.17, 15) is 22.8 Å². The molecule has 9 heteroatoms. The predicted molar refractivity (Wildman–Crippen MR) is 78.5 cm³/mol. The van der Waals surface area contributed by atoms with Crippen molar-refractivity contribution in [3.63, 3.8) is 0 Å². The number of ether oxygens (including phenoxy) is 1. The van der Waals surface area contributed by atoms with Crippen molar-refractivity contribution in [2.75, 3.05) is 19.7 Å². The van der Waals surface area contributed by atoms with E-state index in [1.54, 1.807) is 4.90 Å². The Morgan fingerprint density at radius 1 is 1.33 bits per heavy atom. The van der Waals surface area contributed by atoms with Crippen LogP contribution in [0.15, 0.2) is 18.3 Å². The highest BCUT2D eigenvalue weighted by atomic mass is 19.4. The first-order valence-corrected chi connectivity index (χ1v) is 7.46. The van der Waals surface area contributed by atoms with Crippen molar-refractivity contribution in [2.24, 2.45) is 0 Å². The number of rotatable bonds is 4. The van der Waals surface area contributed by atoms with Crippen LogP contribution in [-0.2, 0) is 4.79 Å². The zero-order valence-electron chi connectivity index (χ0n) is 13.1. The molecule has 132 valence electrons. The van der Waals surface area contributed by atoms with Crippen LogP contribution < -0.4 is 10.1 Å². The van der Waals surface area contributed by atoms with Gasteiger partial charge in [0.05, 0.1) is 5.56 Å². The molecule has 0 atom stereocenters. The molecule has 1 aliphatic heterocycles. The summed E-state index contributed by atoms with van der Waals surface area (Å²) in [5.41, 5.74) is 0.239. The molecule has 0 aromatic carbocycles. The molecule has 0 bridgehead atoms. The number of nitrogens with one attached hydrogen (secondary N) is 1. The fraction of sp³-hybridized carbons (Fsp3) is 0.533. The Bertz CT molecular complexity index is 582. The first kappa shape index (κ1) is 18.0. The van der Waals surface area contributed by atoms with Gasteiger partial charge in [0.25, 0.3) is 5.91 Å². The Morgan fingerprint density at radius 2 is 2.00 bits per heavy atom. The smallest absolute Gasteiger partial charge is 0.422 e. The molecule has 1 N–H and O–H groups in total. The lowest BCUT2D eigenvalue weighted by molar-refractivity contribution is -0.154. The van der Waals surface area contributed by atoms with E-state index in [2.05, 4.69) is 15.0 Å². The first-order chi connectivity index (χ1) is 11.2. The standard InChI is InChI=1S/C15H18F3N3O3/c1-10(22)21-6-4-12(5-7-21)20-14(23)11-2-3-13(19-8-11)24-9-15(16,17)18/h2-3,8,12H,4-7,9H2,1H3,(H,20,23). The number of hydrogen-bond acceptors (Lipinski definition) is 4. The fourth-order valence-corrected chi connectivity index (χ4v) is 2.36. The van der Waals surface area contributed by atoms with Crippen molar-refractivity contribution >= 4 is 11.8 Å². The molecule has 0 unspecified atom stereocenters. The Morgan fingerprint density at radius 3 is 2.50 bits per heavy atom. The van der Waals surface area contributed by atoms with Gasteiger partial charge in [0.1, 0.15) is 0 Å². The third-order valence-electron chi connectivity index (χ3n) is 3.66. The van der Waals surface area contributed by atoms with Crippen LogP contribution in [0.3, 0.4) is 0 Å². The van der Waals surface area contributed by atoms with E-state index in [1.807, 2.05) is 0 Å². The van der Waals surface area contributed by atoms with E-state index >= 15 is 0 Å². The second-order valence-corrected chi connectivity index (χ2v) is 5.54. The summed E-state index contributed by atoms with van der Waals surface area (Å²) in [7, 11) is 0. The minimum absolute atomic E-state index is 0.0124. The van der Waals surface area contributed by atoms with E-state index in [4.69, 9.17) is 0 Å². The van der Waals surface area contributed by atoms with Gasteiger partial charge in [-0.2, -0.15) is 13.2 Å². The zero-order valence-corrected chi connectivity index (χ0v) is 13.1. The molecule has 1 aromatic rings. The van der Waals surface area contributed by atoms with Gasteiger partial charge in [-0.25, -0.2) is 4.98 Å². The predicted octanol–water partition coefficient (Wildman–Crippen LogP) is 1.76. The van der Waals surface area contributed by atoms with Gasteiger partial charge in [0.15, 0.2) is 6.61 Å². The summed E-state index contributed by atoms with van der Waals surface area (Å²) >= 11 is 0. The molecule has 1 aliphatic rings. The molecule has 1 fully saturated rings. The maximum atomic E-state index is 12.1. The van der Waals surface area contributed by atoms with Crippen molar-refractivity contribution < 1.29 is 27.5 Å². The van der Waals surface area contributed by atoms with E-state index in [1.165, 1.54) is 25.3 Å². The molecule has 0 saturated carbocycles. The van der Waals surface area contributed by atoms with Crippen LogP contribution in [0.2, 0.25) is 0 Å². The van der Waals surface area contributed by atoms with Crippen LogP contribution in [0.25, 0.3) is 0 Å². The highest BCUT2D eigenvalue weighted by Crippen LogP contribution is 2.17. The average molecular weight is 345 g/mol. The topological polar surface area (TPSA) is 71.5 Å². The summed E-state index contributed by atoms with van der Waals surface area (Å²) in [6.07, 6.45) is -1.95. The molecule has 2 rings (SSSR count). The minimum Gasteiger partial charge on any atom is -0.468 e. The van der Waals surface area contributed by atoms with E-state index in [0.717, 1.165) is 0 Å². The highest BCUT2D eigenvalue weighted by molar-refractivity contribution is 5.94. The summed E-state index contributed by atoms with van der Waals surface area (Å²) in [5, 5.41) is 2.83. The SMILES string of the molecule is CC(=O)N1CCC(NC(=O)c2ccc(OCC(F)(F)F)nc2)CC1. The van der Waals surface area contributed by atoms with Gasteiger partial charge in [0, 0.05) is 38.3 Å². The van der Waals surface area contributed by atoms with Crippen LogP contribution in [0.4, 0.5) is 13.2 Å². The lowest BCUT2D eigenvalue weighted by Crippen LogP contribution is -2.46. The summed E-state index contributed by atoms with van der Waals surface area (Å²) < 4.78 is 40.6. The number of halogens is 3. The van der Waals surface area contributed by atoms with E-state index in [0.29, 0.717) is 25.9 Å². The Kier molecular flexibility index (Phi) is 5.63. The second-order valence-electron chi connectivity index (χ2n) is 5.54. The summed E-state index contributed by atoms with van der Waals surface area (Å²) in [5.74, 6) is -0.539. The summed E-state index contributed by atoms with van der Waals surface area (Å²) in [6.45, 7) is 1.25. The van der Waals surface area contributed by atoms with E-state index < -0.39 is 12.8 Å². The molecular weight excluding hydrogens is 327 g/mol. The van der Waals surface area contributed by atoms with Crippen LogP contribution >= 0.6 is 0 Å². The molecule has 6 nitrogen and oxygen atoms in total. The van der Waals surface area contributed by atoms with Gasteiger partial charge in [-0.3, -0.25) is 9.59 Å². The van der Waals surface area contributed by atoms with Crippen molar-refractivity contribution in [3.8, 4) is 5.88 Å². The maximum Gasteiger partial charge on any atom is 0.422 e. The Labute approximate surface area is 137 Å². The van der Waals surface area contributed by atoms with Gasteiger partial charge >= 0.3 is 6.18 Å². The van der Waals surface area contributed by atoms with Gasteiger partial charge < -0.3 is 15.0 Å². The lowest BCUT2D eigenvalue weighted by atomic mass is 10.0. The molecule has 2 heterocycles. The highest BCUT2D eigenvalue weighted by Gasteiger charge is 2.28. The number of aromatic nitrogens is 1. The van der Waals surface area contributed by atoms with Crippen LogP contribution in [0.1, 0.15) is 30.1 Å². The fourth-order valence-electron chi connectivity index (χ4n) is 2.36. The Balaban J connectivity index is 1.84. The van der Waals surface area contributed by atoms with Crippen LogP contribution in [0, 0.1) is 0 Å². The molecule has 24 heavy (non-hydrogen) atoms. The maximum absolute atomic E-state index is 12.1. The first-order valence-electron chi connectivity index (χ1n) is 7.46. The molecular formula is C15H18F3N3O3. The number of carbonyl (C=O) groups excluding carboxylic acids is 2. The third-order valence-corrected chi connectivity index (χ3v) is 3.66. The average Bonchev–Trinajstić information content (AvgIpc) is 2.53. The zero-order chi connectivity index (χ0) is 17.7. The molecule has 1 saturated heterocycles. The number of nitrogens with zero attached hydrogens (tertiary/aromatic N) is 2. The van der Waals surface area contributed by atoms with Gasteiger partial charge in [-0.1, -0.05) is 0 Å². The lowest BCUT2D eigenvalue weighted by Gasteiger charge is -2.31. The normalized spacial score (nSPS) is 15.9. The molecule has 1 aromatic heterocycles. The van der Waals surface area contributed by atoms with E-state index in [-0.39, 0.29) is 29.3 Å². The van der Waals surface area contributed by atoms with Gasteiger partial charge in [-0.15, -0.1) is 0 Å². The molecule has 2 amide bonds. The summed E-state index contributed by atoms with van der Waals surface area (Å²) in [6, 6.07) is 2.53. The monoisotopic (exact) mass is 345 g/mol. The number of alkyl halides is 3. The van der Waals surface area contributed by atoms with Crippen LogP contribution in [0.5, 0.6) is 5.88 Å². The molecule has 0 radical (unpaired) electrons. The van der Waals surface area contributed by atoms with Gasteiger partial charge in [-0.05, 0) is 18.9 Å². The molecule has 0 aliphatic carbocycles. The van der Waals surface area contributed by atoms with Crippen molar-refractivity contribution in [1.82, 2.24) is 15.2 Å². The number of piperidine rings is 1. The quantitative estimate of drug-likeness (QED) is 0.903.